The predicted molar refractivity (Wildman–Crippen MR) is 95.6 cm³/mol. The number of likely N-dealkylation sites (tertiary alicyclic amines) is 1. The highest BCUT2D eigenvalue weighted by Crippen LogP contribution is 2.21. The van der Waals surface area contributed by atoms with Crippen molar-refractivity contribution in [1.82, 2.24) is 15.0 Å². The van der Waals surface area contributed by atoms with Crippen LogP contribution in [0.3, 0.4) is 0 Å². The van der Waals surface area contributed by atoms with Crippen LogP contribution in [0.2, 0.25) is 0 Å². The van der Waals surface area contributed by atoms with E-state index >= 15 is 0 Å². The molecule has 0 spiro atoms. The average molecular weight is 365 g/mol. The van der Waals surface area contributed by atoms with Crippen molar-refractivity contribution in [3.05, 3.63) is 11.7 Å². The number of aromatic nitrogens is 2. The van der Waals surface area contributed by atoms with Gasteiger partial charge in [0, 0.05) is 45.1 Å². The molecule has 2 saturated heterocycles. The van der Waals surface area contributed by atoms with Crippen LogP contribution in [0.25, 0.3) is 0 Å². The van der Waals surface area contributed by atoms with Crippen LogP contribution in [0, 0.1) is 11.8 Å². The average Bonchev–Trinajstić information content (AvgIpc) is 3.09. The van der Waals surface area contributed by atoms with E-state index < -0.39 is 0 Å². The molecule has 0 N–H and O–H groups in total. The molecule has 0 atom stereocenters. The fourth-order valence-electron chi connectivity index (χ4n) is 3.59. The molecule has 0 aromatic carbocycles. The third kappa shape index (κ3) is 5.51. The number of carbonyl (C=O) groups excluding carboxylic acids is 1. The van der Waals surface area contributed by atoms with E-state index in [2.05, 4.69) is 24.0 Å². The van der Waals surface area contributed by atoms with Crippen LogP contribution in [0.4, 0.5) is 0 Å². The van der Waals surface area contributed by atoms with Gasteiger partial charge >= 0.3 is 0 Å². The lowest BCUT2D eigenvalue weighted by Crippen LogP contribution is -2.44. The summed E-state index contributed by atoms with van der Waals surface area (Å²) < 4.78 is 16.6. The first-order valence-electron chi connectivity index (χ1n) is 9.91. The molecular formula is C19H31N3O4. The van der Waals surface area contributed by atoms with Gasteiger partial charge in [0.2, 0.25) is 11.8 Å². The van der Waals surface area contributed by atoms with E-state index in [0.717, 1.165) is 45.2 Å². The Labute approximate surface area is 155 Å². The zero-order valence-corrected chi connectivity index (χ0v) is 16.0. The number of hydrogen-bond acceptors (Lipinski definition) is 6. The van der Waals surface area contributed by atoms with Gasteiger partial charge in [-0.25, -0.2) is 0 Å². The highest BCUT2D eigenvalue weighted by molar-refractivity contribution is 5.79. The monoisotopic (exact) mass is 365 g/mol. The van der Waals surface area contributed by atoms with E-state index in [1.54, 1.807) is 0 Å². The molecule has 2 aliphatic rings. The van der Waals surface area contributed by atoms with E-state index in [0.29, 0.717) is 49.8 Å². The summed E-state index contributed by atoms with van der Waals surface area (Å²) in [6, 6.07) is 0. The lowest BCUT2D eigenvalue weighted by atomic mass is 9.97. The van der Waals surface area contributed by atoms with E-state index in [-0.39, 0.29) is 12.0 Å². The Kier molecular flexibility index (Phi) is 7.02. The molecule has 7 heteroatoms. The Morgan fingerprint density at radius 3 is 2.65 bits per heavy atom. The highest BCUT2D eigenvalue weighted by Gasteiger charge is 2.29. The predicted octanol–water partition coefficient (Wildman–Crippen LogP) is 2.24. The van der Waals surface area contributed by atoms with Crippen molar-refractivity contribution in [3.63, 3.8) is 0 Å². The van der Waals surface area contributed by atoms with Crippen molar-refractivity contribution in [1.29, 1.82) is 0 Å². The molecule has 1 amide bonds. The van der Waals surface area contributed by atoms with Crippen molar-refractivity contribution in [2.24, 2.45) is 11.8 Å². The molecule has 1 aromatic heterocycles. The number of amides is 1. The second-order valence-electron chi connectivity index (χ2n) is 7.73. The van der Waals surface area contributed by atoms with Crippen LogP contribution < -0.4 is 0 Å². The van der Waals surface area contributed by atoms with Crippen molar-refractivity contribution in [3.8, 4) is 0 Å². The molecule has 0 saturated carbocycles. The summed E-state index contributed by atoms with van der Waals surface area (Å²) in [6.07, 6.45) is 5.23. The van der Waals surface area contributed by atoms with Gasteiger partial charge in [-0.3, -0.25) is 4.79 Å². The van der Waals surface area contributed by atoms with Crippen LogP contribution in [0.1, 0.15) is 51.2 Å². The minimum Gasteiger partial charge on any atom is -0.381 e. The number of ether oxygens (including phenoxy) is 2. The Balaban J connectivity index is 1.34. The summed E-state index contributed by atoms with van der Waals surface area (Å²) in [4.78, 5) is 18.9. The molecule has 146 valence electrons. The summed E-state index contributed by atoms with van der Waals surface area (Å²) in [6.45, 7) is 7.87. The summed E-state index contributed by atoms with van der Waals surface area (Å²) in [5.74, 6) is 2.38. The minimum absolute atomic E-state index is 0.152. The van der Waals surface area contributed by atoms with Gasteiger partial charge < -0.3 is 18.9 Å². The highest BCUT2D eigenvalue weighted by atomic mass is 16.5. The molecule has 26 heavy (non-hydrogen) atoms. The van der Waals surface area contributed by atoms with Gasteiger partial charge in [0.15, 0.2) is 5.82 Å². The maximum absolute atomic E-state index is 12.5. The third-order valence-corrected chi connectivity index (χ3v) is 5.10. The van der Waals surface area contributed by atoms with Gasteiger partial charge in [0.1, 0.15) is 0 Å². The number of nitrogens with zero attached hydrogens (tertiary/aromatic N) is 3. The molecule has 0 bridgehead atoms. The smallest absolute Gasteiger partial charge is 0.226 e. The van der Waals surface area contributed by atoms with Gasteiger partial charge in [0.05, 0.1) is 12.7 Å². The normalized spacial score (nSPS) is 20.0. The topological polar surface area (TPSA) is 77.7 Å². The maximum Gasteiger partial charge on any atom is 0.226 e. The van der Waals surface area contributed by atoms with Crippen LogP contribution >= 0.6 is 0 Å². The second kappa shape index (κ2) is 9.46. The fourth-order valence-corrected chi connectivity index (χ4v) is 3.59. The Bertz CT molecular complexity index is 561. The molecule has 0 radical (unpaired) electrons. The van der Waals surface area contributed by atoms with Crippen molar-refractivity contribution >= 4 is 5.91 Å². The first kappa shape index (κ1) is 19.3. The van der Waals surface area contributed by atoms with Crippen molar-refractivity contribution in [2.45, 2.75) is 58.5 Å². The standard InChI is InChI=1S/C19H31N3O4/c1-14(2)13-18-20-17(21-26-18)7-12-25-16-3-8-22(9-4-16)19(23)15-5-10-24-11-6-15/h14-16H,3-13H2,1-2H3. The van der Waals surface area contributed by atoms with E-state index in [4.69, 9.17) is 14.0 Å². The van der Waals surface area contributed by atoms with Crippen LogP contribution in [0.15, 0.2) is 4.52 Å². The van der Waals surface area contributed by atoms with Crippen molar-refractivity contribution < 1.29 is 18.8 Å². The molecule has 3 rings (SSSR count). The molecule has 3 heterocycles. The fraction of sp³-hybridized carbons (Fsp3) is 0.842. The van der Waals surface area contributed by atoms with Gasteiger partial charge in [-0.1, -0.05) is 19.0 Å². The number of rotatable bonds is 7. The molecule has 0 aliphatic carbocycles. The van der Waals surface area contributed by atoms with Crippen LogP contribution in [-0.2, 0) is 27.1 Å². The minimum atomic E-state index is 0.152. The van der Waals surface area contributed by atoms with E-state index in [1.807, 2.05) is 4.90 Å². The van der Waals surface area contributed by atoms with Crippen LogP contribution in [-0.4, -0.2) is 60.0 Å². The lowest BCUT2D eigenvalue weighted by molar-refractivity contribution is -0.141. The largest absolute Gasteiger partial charge is 0.381 e. The van der Waals surface area contributed by atoms with Gasteiger partial charge in [0.25, 0.3) is 0 Å². The Hall–Kier alpha value is -1.47. The first-order valence-corrected chi connectivity index (χ1v) is 9.91. The zero-order valence-electron chi connectivity index (χ0n) is 16.0. The molecule has 2 aliphatic heterocycles. The van der Waals surface area contributed by atoms with E-state index in [9.17, 15) is 4.79 Å². The van der Waals surface area contributed by atoms with Gasteiger partial charge in [-0.05, 0) is 31.6 Å². The van der Waals surface area contributed by atoms with Gasteiger partial charge in [-0.2, -0.15) is 4.98 Å². The van der Waals surface area contributed by atoms with Crippen LogP contribution in [0.5, 0.6) is 0 Å². The Morgan fingerprint density at radius 2 is 1.96 bits per heavy atom. The first-order chi connectivity index (χ1) is 12.6. The van der Waals surface area contributed by atoms with Crippen molar-refractivity contribution in [2.75, 3.05) is 32.9 Å². The molecular weight excluding hydrogens is 334 g/mol. The summed E-state index contributed by atoms with van der Waals surface area (Å²) in [5, 5.41) is 4.01. The summed E-state index contributed by atoms with van der Waals surface area (Å²) in [5.41, 5.74) is 0. The quantitative estimate of drug-likeness (QED) is 0.737. The van der Waals surface area contributed by atoms with E-state index in [1.165, 1.54) is 0 Å². The molecule has 0 unspecified atom stereocenters. The molecule has 2 fully saturated rings. The molecule has 1 aromatic rings. The SMILES string of the molecule is CC(C)Cc1nc(CCOC2CCN(C(=O)C3CCOCC3)CC2)no1. The van der Waals surface area contributed by atoms with Gasteiger partial charge in [-0.15, -0.1) is 0 Å². The molecule has 7 nitrogen and oxygen atoms in total. The zero-order chi connectivity index (χ0) is 18.4. The maximum atomic E-state index is 12.5. The summed E-state index contributed by atoms with van der Waals surface area (Å²) in [7, 11) is 0. The Morgan fingerprint density at radius 1 is 1.23 bits per heavy atom. The lowest BCUT2D eigenvalue weighted by Gasteiger charge is -2.35. The second-order valence-corrected chi connectivity index (χ2v) is 7.73. The number of hydrogen-bond donors (Lipinski definition) is 0. The number of carbonyl (C=O) groups is 1. The third-order valence-electron chi connectivity index (χ3n) is 5.10. The number of piperidine rings is 1. The summed E-state index contributed by atoms with van der Waals surface area (Å²) >= 11 is 0.